The molecule has 1 rings (SSSR count). The van der Waals surface area contributed by atoms with Crippen LogP contribution in [0.3, 0.4) is 0 Å². The number of nitrogens with two attached hydrogens (primary N) is 1. The molecule has 0 fully saturated rings. The summed E-state index contributed by atoms with van der Waals surface area (Å²) in [6, 6.07) is 8.42. The molecule has 0 amide bonds. The molecule has 0 aliphatic carbocycles. The third kappa shape index (κ3) is 5.45. The number of benzene rings is 1. The average molecular weight is 281 g/mol. The molecule has 0 aromatic heterocycles. The van der Waals surface area contributed by atoms with Crippen LogP contribution in [0, 0.1) is 0 Å². The van der Waals surface area contributed by atoms with Crippen molar-refractivity contribution in [3.05, 3.63) is 29.8 Å². The molecule has 0 bridgehead atoms. The van der Waals surface area contributed by atoms with Gasteiger partial charge < -0.3 is 5.73 Å². The van der Waals surface area contributed by atoms with E-state index >= 15 is 0 Å². The molecule has 0 spiro atoms. The molecular weight excluding hydrogens is 254 g/mol. The lowest BCUT2D eigenvalue weighted by Gasteiger charge is -2.19. The summed E-state index contributed by atoms with van der Waals surface area (Å²) in [6.45, 7) is 8.65. The van der Waals surface area contributed by atoms with Gasteiger partial charge in [-0.15, -0.1) is 0 Å². The SMILES string of the molecule is CCC(N)CCCS(=O)c1ccc(C(C)(C)C)cc1. The number of hydrogen-bond donors (Lipinski definition) is 1. The van der Waals surface area contributed by atoms with Crippen molar-refractivity contribution >= 4 is 10.8 Å². The fraction of sp³-hybridized carbons (Fsp3) is 0.625. The third-order valence-corrected chi connectivity index (χ3v) is 4.87. The second-order valence-corrected chi connectivity index (χ2v) is 7.71. The van der Waals surface area contributed by atoms with E-state index in [0.717, 1.165) is 24.2 Å². The van der Waals surface area contributed by atoms with E-state index in [2.05, 4.69) is 39.8 Å². The number of rotatable bonds is 6. The van der Waals surface area contributed by atoms with Crippen molar-refractivity contribution in [1.82, 2.24) is 0 Å². The standard InChI is InChI=1S/C16H27NOS/c1-5-14(17)7-6-12-19(18)15-10-8-13(9-11-15)16(2,3)4/h8-11,14H,5-7,12,17H2,1-4H3. The molecule has 0 saturated heterocycles. The molecule has 2 atom stereocenters. The normalized spacial score (nSPS) is 15.2. The van der Waals surface area contributed by atoms with Gasteiger partial charge in [0.15, 0.2) is 0 Å². The summed E-state index contributed by atoms with van der Waals surface area (Å²) in [6.07, 6.45) is 2.89. The van der Waals surface area contributed by atoms with Crippen molar-refractivity contribution in [3.63, 3.8) is 0 Å². The number of hydrogen-bond acceptors (Lipinski definition) is 2. The first-order chi connectivity index (χ1) is 8.84. The minimum Gasteiger partial charge on any atom is -0.328 e. The fourth-order valence-electron chi connectivity index (χ4n) is 1.91. The van der Waals surface area contributed by atoms with Crippen LogP contribution in [0.1, 0.15) is 52.5 Å². The molecule has 2 N–H and O–H groups in total. The topological polar surface area (TPSA) is 43.1 Å². The molecule has 0 aliphatic heterocycles. The van der Waals surface area contributed by atoms with Gasteiger partial charge in [0.1, 0.15) is 0 Å². The Kier molecular flexibility index (Phi) is 6.21. The highest BCUT2D eigenvalue weighted by Gasteiger charge is 2.13. The zero-order valence-electron chi connectivity index (χ0n) is 12.6. The Morgan fingerprint density at radius 2 is 1.79 bits per heavy atom. The largest absolute Gasteiger partial charge is 0.328 e. The molecule has 2 unspecified atom stereocenters. The van der Waals surface area contributed by atoms with Crippen molar-refractivity contribution in [1.29, 1.82) is 0 Å². The first-order valence-electron chi connectivity index (χ1n) is 7.09. The Morgan fingerprint density at radius 3 is 2.26 bits per heavy atom. The zero-order chi connectivity index (χ0) is 14.5. The Labute approximate surface area is 120 Å². The predicted octanol–water partition coefficient (Wildman–Crippen LogP) is 3.61. The maximum Gasteiger partial charge on any atom is 0.0529 e. The summed E-state index contributed by atoms with van der Waals surface area (Å²) in [4.78, 5) is 0.929. The second-order valence-electron chi connectivity index (χ2n) is 6.13. The Morgan fingerprint density at radius 1 is 1.21 bits per heavy atom. The van der Waals surface area contributed by atoms with Crippen LogP contribution in [0.2, 0.25) is 0 Å². The van der Waals surface area contributed by atoms with Gasteiger partial charge in [0.05, 0.1) is 10.8 Å². The Bertz CT molecular complexity index is 406. The van der Waals surface area contributed by atoms with Crippen LogP contribution in [-0.4, -0.2) is 16.0 Å². The van der Waals surface area contributed by atoms with Crippen LogP contribution in [-0.2, 0) is 16.2 Å². The van der Waals surface area contributed by atoms with Gasteiger partial charge in [-0.1, -0.05) is 39.8 Å². The molecule has 0 saturated carbocycles. The van der Waals surface area contributed by atoms with Gasteiger partial charge in [0.2, 0.25) is 0 Å². The molecular formula is C16H27NOS. The average Bonchev–Trinajstić information content (AvgIpc) is 2.37. The molecule has 19 heavy (non-hydrogen) atoms. The van der Waals surface area contributed by atoms with Crippen molar-refractivity contribution < 1.29 is 4.21 Å². The third-order valence-electron chi connectivity index (χ3n) is 3.41. The molecule has 1 aromatic carbocycles. The van der Waals surface area contributed by atoms with Gasteiger partial charge in [-0.2, -0.15) is 0 Å². The predicted molar refractivity (Wildman–Crippen MR) is 83.9 cm³/mol. The van der Waals surface area contributed by atoms with Crippen LogP contribution in [0.15, 0.2) is 29.2 Å². The molecule has 3 heteroatoms. The van der Waals surface area contributed by atoms with E-state index in [1.165, 1.54) is 5.56 Å². The highest BCUT2D eigenvalue weighted by Crippen LogP contribution is 2.23. The van der Waals surface area contributed by atoms with Gasteiger partial charge in [0.25, 0.3) is 0 Å². The molecule has 0 heterocycles. The summed E-state index contributed by atoms with van der Waals surface area (Å²) < 4.78 is 12.1. The van der Waals surface area contributed by atoms with E-state index in [-0.39, 0.29) is 11.5 Å². The maximum atomic E-state index is 12.1. The van der Waals surface area contributed by atoms with E-state index in [9.17, 15) is 4.21 Å². The van der Waals surface area contributed by atoms with Crippen molar-refractivity contribution in [3.8, 4) is 0 Å². The smallest absolute Gasteiger partial charge is 0.0529 e. The monoisotopic (exact) mass is 281 g/mol. The molecule has 2 nitrogen and oxygen atoms in total. The van der Waals surface area contributed by atoms with Crippen molar-refractivity contribution in [2.45, 2.75) is 63.3 Å². The van der Waals surface area contributed by atoms with E-state index in [4.69, 9.17) is 5.73 Å². The van der Waals surface area contributed by atoms with Gasteiger partial charge >= 0.3 is 0 Å². The van der Waals surface area contributed by atoms with Gasteiger partial charge in [-0.3, -0.25) is 4.21 Å². The van der Waals surface area contributed by atoms with Crippen LogP contribution < -0.4 is 5.73 Å². The van der Waals surface area contributed by atoms with Crippen LogP contribution in [0.5, 0.6) is 0 Å². The molecule has 1 aromatic rings. The van der Waals surface area contributed by atoms with E-state index in [1.807, 2.05) is 12.1 Å². The quantitative estimate of drug-likeness (QED) is 0.865. The van der Waals surface area contributed by atoms with Gasteiger partial charge in [-0.25, -0.2) is 0 Å². The van der Waals surface area contributed by atoms with Crippen LogP contribution in [0.4, 0.5) is 0 Å². The van der Waals surface area contributed by atoms with Crippen molar-refractivity contribution in [2.24, 2.45) is 5.73 Å². The highest BCUT2D eigenvalue weighted by atomic mass is 32.2. The van der Waals surface area contributed by atoms with E-state index in [0.29, 0.717) is 5.75 Å². The molecule has 0 aliphatic rings. The fourth-order valence-corrected chi connectivity index (χ4v) is 3.01. The van der Waals surface area contributed by atoms with Gasteiger partial charge in [-0.05, 0) is 42.4 Å². The maximum absolute atomic E-state index is 12.1. The Hall–Kier alpha value is -0.670. The summed E-state index contributed by atoms with van der Waals surface area (Å²) in [7, 11) is -0.892. The van der Waals surface area contributed by atoms with Gasteiger partial charge in [0, 0.05) is 16.7 Å². The summed E-state index contributed by atoms with van der Waals surface area (Å²) >= 11 is 0. The first kappa shape index (κ1) is 16.4. The molecule has 0 radical (unpaired) electrons. The van der Waals surface area contributed by atoms with E-state index < -0.39 is 10.8 Å². The first-order valence-corrected chi connectivity index (χ1v) is 8.41. The van der Waals surface area contributed by atoms with E-state index in [1.54, 1.807) is 0 Å². The van der Waals surface area contributed by atoms with Crippen LogP contribution >= 0.6 is 0 Å². The molecule has 108 valence electrons. The second kappa shape index (κ2) is 7.20. The minimum absolute atomic E-state index is 0.147. The summed E-state index contributed by atoms with van der Waals surface area (Å²) in [5.74, 6) is 0.711. The lowest BCUT2D eigenvalue weighted by Crippen LogP contribution is -2.19. The van der Waals surface area contributed by atoms with Crippen molar-refractivity contribution in [2.75, 3.05) is 5.75 Å². The minimum atomic E-state index is -0.892. The lowest BCUT2D eigenvalue weighted by atomic mass is 9.87. The van der Waals surface area contributed by atoms with Crippen LogP contribution in [0.25, 0.3) is 0 Å². The Balaban J connectivity index is 2.54. The lowest BCUT2D eigenvalue weighted by molar-refractivity contribution is 0.585. The summed E-state index contributed by atoms with van der Waals surface area (Å²) in [5.41, 5.74) is 7.29. The summed E-state index contributed by atoms with van der Waals surface area (Å²) in [5, 5.41) is 0. The highest BCUT2D eigenvalue weighted by molar-refractivity contribution is 7.85. The zero-order valence-corrected chi connectivity index (χ0v) is 13.4.